The fourth-order valence-corrected chi connectivity index (χ4v) is 7.77. The number of anilines is 2. The Kier molecular flexibility index (Phi) is 15.8. The van der Waals surface area contributed by atoms with Crippen LogP contribution in [0.15, 0.2) is 83.5 Å². The molecule has 4 aromatic rings. The van der Waals surface area contributed by atoms with Gasteiger partial charge in [0, 0.05) is 49.7 Å². The number of carbonyl (C=O) groups excluding carboxylic acids is 1. The minimum atomic E-state index is -1.26. The Balaban J connectivity index is 1.32. The first-order valence-corrected chi connectivity index (χ1v) is 20.6. The number of hydrogen-bond acceptors (Lipinski definition) is 8. The Hall–Kier alpha value is -4.62. The van der Waals surface area contributed by atoms with E-state index in [2.05, 4.69) is 51.8 Å². The van der Waals surface area contributed by atoms with Gasteiger partial charge in [-0.25, -0.2) is 4.98 Å². The van der Waals surface area contributed by atoms with Gasteiger partial charge in [-0.15, -0.1) is 0 Å². The summed E-state index contributed by atoms with van der Waals surface area (Å²) in [5.41, 5.74) is 7.09. The summed E-state index contributed by atoms with van der Waals surface area (Å²) in [7, 11) is 1.81. The number of carboxylic acids is 1. The zero-order chi connectivity index (χ0) is 39.2. The number of fused-ring (bicyclic) bond motifs is 1. The summed E-state index contributed by atoms with van der Waals surface area (Å²) >= 11 is -1.26. The van der Waals surface area contributed by atoms with E-state index < -0.39 is 17.1 Å². The third-order valence-corrected chi connectivity index (χ3v) is 10.9. The predicted octanol–water partition coefficient (Wildman–Crippen LogP) is 7.41. The number of nitrogens with one attached hydrogen (secondary N) is 1. The second-order valence-corrected chi connectivity index (χ2v) is 15.4. The second-order valence-electron chi connectivity index (χ2n) is 13.9. The standard InChI is InChI=1S/C43H55N5O6S/c1-5-7-24-53-25-26-54-38-15-10-33(11-16-38)34-12-19-40-36(27-34)28-35(9-8-21-47(40)23-22-46(4)29-42(49)50)43(51)45-37-13-17-39(18-14-37)55(52)30-41-32(3)44-31-48(41)20-6-2/h10-19,27-28,31H,5-9,20-26,29-30H2,1-4H3,(H,45,51)(H,49,50)/b35-28+/t55-/m0/s1. The average Bonchev–Trinajstić information content (AvgIpc) is 3.50. The van der Waals surface area contributed by atoms with Gasteiger partial charge < -0.3 is 33.9 Å². The first-order chi connectivity index (χ1) is 26.6. The molecular formula is C43H55N5O6S. The summed E-state index contributed by atoms with van der Waals surface area (Å²) in [6.07, 6.45) is 8.22. The molecule has 55 heavy (non-hydrogen) atoms. The minimum absolute atomic E-state index is 0.0311. The number of ether oxygens (including phenoxy) is 2. The molecule has 11 nitrogen and oxygen atoms in total. The van der Waals surface area contributed by atoms with Crippen molar-refractivity contribution in [3.63, 3.8) is 0 Å². The van der Waals surface area contributed by atoms with E-state index in [4.69, 9.17) is 9.47 Å². The number of amides is 1. The molecule has 2 N–H and O–H groups in total. The van der Waals surface area contributed by atoms with E-state index in [1.807, 2.05) is 62.8 Å². The highest BCUT2D eigenvalue weighted by Crippen LogP contribution is 2.33. The molecule has 0 radical (unpaired) electrons. The molecule has 2 heterocycles. The summed E-state index contributed by atoms with van der Waals surface area (Å²) in [4.78, 5) is 34.3. The average molecular weight is 770 g/mol. The van der Waals surface area contributed by atoms with Gasteiger partial charge in [0.2, 0.25) is 0 Å². The van der Waals surface area contributed by atoms with Crippen molar-refractivity contribution >= 4 is 40.5 Å². The van der Waals surface area contributed by atoms with Crippen molar-refractivity contribution < 1.29 is 28.7 Å². The molecule has 0 bridgehead atoms. The highest BCUT2D eigenvalue weighted by molar-refractivity contribution is 7.90. The normalized spacial score (nSPS) is 14.4. The maximum atomic E-state index is 13.8. The molecule has 0 saturated heterocycles. The molecule has 1 amide bonds. The summed E-state index contributed by atoms with van der Waals surface area (Å²) < 4.78 is 26.9. The second kappa shape index (κ2) is 20.9. The first kappa shape index (κ1) is 41.5. The molecule has 1 aliphatic rings. The number of aromatic nitrogens is 2. The predicted molar refractivity (Wildman–Crippen MR) is 220 cm³/mol. The van der Waals surface area contributed by atoms with Gasteiger partial charge >= 0.3 is 5.97 Å². The van der Waals surface area contributed by atoms with E-state index in [1.54, 1.807) is 17.0 Å². The quantitative estimate of drug-likeness (QED) is 0.0697. The van der Waals surface area contributed by atoms with E-state index in [-0.39, 0.29) is 12.5 Å². The number of rotatable bonds is 20. The number of likely N-dealkylation sites (N-methyl/N-ethyl adjacent to an activating group) is 1. The molecule has 0 aliphatic carbocycles. The molecule has 12 heteroatoms. The fourth-order valence-electron chi connectivity index (χ4n) is 6.54. The summed E-state index contributed by atoms with van der Waals surface area (Å²) in [6, 6.07) is 21.5. The molecule has 0 fully saturated rings. The third-order valence-electron chi connectivity index (χ3n) is 9.61. The van der Waals surface area contributed by atoms with Crippen molar-refractivity contribution in [2.75, 3.05) is 63.3 Å². The van der Waals surface area contributed by atoms with Crippen molar-refractivity contribution in [2.24, 2.45) is 0 Å². The first-order valence-electron chi connectivity index (χ1n) is 19.3. The van der Waals surface area contributed by atoms with E-state index >= 15 is 0 Å². The Bertz CT molecular complexity index is 1880. The SMILES string of the molecule is CCCCOCCOc1ccc(-c2ccc3c(c2)/C=C(/C(=O)Nc2ccc([S@@+]([O-])Cc4c(C)ncn4CCC)cc2)CCCN3CCN(C)CC(=O)O)cc1. The van der Waals surface area contributed by atoms with Crippen molar-refractivity contribution in [1.82, 2.24) is 14.5 Å². The van der Waals surface area contributed by atoms with Crippen molar-refractivity contribution in [1.29, 1.82) is 0 Å². The van der Waals surface area contributed by atoms with E-state index in [0.29, 0.717) is 61.2 Å². The number of carboxylic acid groups (broad SMARTS) is 1. The molecule has 0 unspecified atom stereocenters. The van der Waals surface area contributed by atoms with Crippen LogP contribution in [0.3, 0.4) is 0 Å². The van der Waals surface area contributed by atoms with Crippen LogP contribution in [0.25, 0.3) is 17.2 Å². The van der Waals surface area contributed by atoms with Crippen molar-refractivity contribution in [2.45, 2.75) is 70.1 Å². The number of benzene rings is 3. The molecule has 1 aliphatic heterocycles. The number of unbranched alkanes of at least 4 members (excludes halogenated alkanes) is 1. The minimum Gasteiger partial charge on any atom is -0.611 e. The van der Waals surface area contributed by atoms with Crippen molar-refractivity contribution in [3.05, 3.63) is 95.6 Å². The van der Waals surface area contributed by atoms with E-state index in [1.165, 1.54) is 0 Å². The monoisotopic (exact) mass is 769 g/mol. The number of aliphatic carboxylic acids is 1. The molecular weight excluding hydrogens is 715 g/mol. The number of nitrogens with zero attached hydrogens (tertiary/aromatic N) is 4. The molecule has 294 valence electrons. The molecule has 0 saturated carbocycles. The third kappa shape index (κ3) is 12.2. The van der Waals surface area contributed by atoms with Gasteiger partial charge in [-0.1, -0.05) is 38.5 Å². The Morgan fingerprint density at radius 2 is 1.75 bits per heavy atom. The van der Waals surface area contributed by atoms with E-state index in [0.717, 1.165) is 78.4 Å². The summed E-state index contributed by atoms with van der Waals surface area (Å²) in [5.74, 6) is 0.118. The smallest absolute Gasteiger partial charge is 0.317 e. The van der Waals surface area contributed by atoms with Crippen molar-refractivity contribution in [3.8, 4) is 16.9 Å². The maximum absolute atomic E-state index is 13.8. The van der Waals surface area contributed by atoms with Gasteiger partial charge in [0.1, 0.15) is 12.4 Å². The van der Waals surface area contributed by atoms with Crippen LogP contribution in [-0.2, 0) is 37.8 Å². The highest BCUT2D eigenvalue weighted by Gasteiger charge is 2.21. The zero-order valence-electron chi connectivity index (χ0n) is 32.6. The zero-order valence-corrected chi connectivity index (χ0v) is 33.4. The molecule has 1 atom stereocenters. The molecule has 5 rings (SSSR count). The molecule has 3 aromatic carbocycles. The van der Waals surface area contributed by atoms with Gasteiger partial charge in [-0.3, -0.25) is 14.5 Å². The Morgan fingerprint density at radius 1 is 0.982 bits per heavy atom. The number of imidazole rings is 1. The van der Waals surface area contributed by atoms with Gasteiger partial charge in [-0.05, 0) is 122 Å². The Labute approximate surface area is 328 Å². The number of aryl methyl sites for hydroxylation is 2. The van der Waals surface area contributed by atoms with Crippen LogP contribution in [0.1, 0.15) is 62.9 Å². The van der Waals surface area contributed by atoms with Gasteiger partial charge in [0.05, 0.1) is 30.9 Å². The lowest BCUT2D eigenvalue weighted by molar-refractivity contribution is -0.137. The van der Waals surface area contributed by atoms with Gasteiger partial charge in [-0.2, -0.15) is 0 Å². The topological polar surface area (TPSA) is 132 Å². The highest BCUT2D eigenvalue weighted by atomic mass is 32.2. The van der Waals surface area contributed by atoms with E-state index in [9.17, 15) is 19.2 Å². The Morgan fingerprint density at radius 3 is 2.47 bits per heavy atom. The lowest BCUT2D eigenvalue weighted by Gasteiger charge is -2.30. The lowest BCUT2D eigenvalue weighted by atomic mass is 9.96. The number of hydrogen-bond donors (Lipinski definition) is 2. The van der Waals surface area contributed by atoms with Crippen LogP contribution >= 0.6 is 0 Å². The molecule has 0 spiro atoms. The summed E-state index contributed by atoms with van der Waals surface area (Å²) in [5, 5.41) is 12.3. The molecule has 1 aromatic heterocycles. The van der Waals surface area contributed by atoms with Crippen LogP contribution in [-0.4, -0.2) is 89.0 Å². The maximum Gasteiger partial charge on any atom is 0.317 e. The van der Waals surface area contributed by atoms with Crippen LogP contribution < -0.4 is 15.0 Å². The fraction of sp³-hybridized carbons (Fsp3) is 0.419. The van der Waals surface area contributed by atoms with Gasteiger partial charge in [0.25, 0.3) is 5.91 Å². The van der Waals surface area contributed by atoms with Crippen LogP contribution in [0, 0.1) is 6.92 Å². The summed E-state index contributed by atoms with van der Waals surface area (Å²) in [6.45, 7) is 10.7. The number of carbonyl (C=O) groups is 2. The lowest BCUT2D eigenvalue weighted by Crippen LogP contribution is -2.37. The largest absolute Gasteiger partial charge is 0.611 e. The van der Waals surface area contributed by atoms with Crippen LogP contribution in [0.2, 0.25) is 0 Å². The van der Waals surface area contributed by atoms with Crippen LogP contribution in [0.4, 0.5) is 11.4 Å². The van der Waals surface area contributed by atoms with Crippen LogP contribution in [0.5, 0.6) is 5.75 Å². The van der Waals surface area contributed by atoms with Gasteiger partial charge in [0.15, 0.2) is 10.6 Å².